The predicted octanol–water partition coefficient (Wildman–Crippen LogP) is 4.83. The van der Waals surface area contributed by atoms with Gasteiger partial charge < -0.3 is 5.11 Å². The van der Waals surface area contributed by atoms with Crippen LogP contribution in [0, 0.1) is 5.92 Å². The lowest BCUT2D eigenvalue weighted by Gasteiger charge is -2.18. The zero-order valence-electron chi connectivity index (χ0n) is 12.2. The number of rotatable bonds is 5. The molecular weight excluding hydrogens is 244 g/mol. The Morgan fingerprint density at radius 2 is 1.60 bits per heavy atom. The van der Waals surface area contributed by atoms with Crippen LogP contribution in [0.25, 0.3) is 5.57 Å². The third-order valence-corrected chi connectivity index (χ3v) is 3.46. The molecule has 0 radical (unpaired) electrons. The van der Waals surface area contributed by atoms with Crippen molar-refractivity contribution in [1.82, 2.24) is 0 Å². The standard InChI is InChI=1S/C19H22O/c1-14(2)13-19(20)18-12-8-7-11-17(18)15(3)16-9-5-4-6-10-16/h4-12,14,19-20H,3,13H2,1-2H3. The van der Waals surface area contributed by atoms with Gasteiger partial charge in [-0.05, 0) is 34.6 Å². The first-order chi connectivity index (χ1) is 9.59. The van der Waals surface area contributed by atoms with Crippen molar-refractivity contribution in [2.24, 2.45) is 5.92 Å². The molecule has 2 aromatic carbocycles. The number of aliphatic hydroxyl groups excluding tert-OH is 1. The van der Waals surface area contributed by atoms with Crippen molar-refractivity contribution in [1.29, 1.82) is 0 Å². The van der Waals surface area contributed by atoms with Gasteiger partial charge in [0, 0.05) is 0 Å². The Morgan fingerprint density at radius 3 is 2.25 bits per heavy atom. The van der Waals surface area contributed by atoms with Crippen LogP contribution >= 0.6 is 0 Å². The van der Waals surface area contributed by atoms with E-state index >= 15 is 0 Å². The van der Waals surface area contributed by atoms with Crippen molar-refractivity contribution in [3.63, 3.8) is 0 Å². The van der Waals surface area contributed by atoms with Gasteiger partial charge in [0.15, 0.2) is 0 Å². The van der Waals surface area contributed by atoms with Gasteiger partial charge in [-0.25, -0.2) is 0 Å². The summed E-state index contributed by atoms with van der Waals surface area (Å²) in [4.78, 5) is 0. The fraction of sp³-hybridized carbons (Fsp3) is 0.263. The highest BCUT2D eigenvalue weighted by molar-refractivity contribution is 5.79. The van der Waals surface area contributed by atoms with E-state index in [-0.39, 0.29) is 0 Å². The largest absolute Gasteiger partial charge is 0.388 e. The summed E-state index contributed by atoms with van der Waals surface area (Å²) in [6.07, 6.45) is 0.325. The second kappa shape index (κ2) is 6.53. The summed E-state index contributed by atoms with van der Waals surface area (Å²) in [5, 5.41) is 10.4. The fourth-order valence-corrected chi connectivity index (χ4v) is 2.43. The molecular formula is C19H22O. The van der Waals surface area contributed by atoms with Crippen LogP contribution in [0.3, 0.4) is 0 Å². The molecule has 2 aromatic rings. The molecule has 20 heavy (non-hydrogen) atoms. The van der Waals surface area contributed by atoms with E-state index in [1.807, 2.05) is 54.6 Å². The third kappa shape index (κ3) is 3.37. The summed E-state index contributed by atoms with van der Waals surface area (Å²) in [6, 6.07) is 18.1. The smallest absolute Gasteiger partial charge is 0.0798 e. The minimum atomic E-state index is -0.438. The van der Waals surface area contributed by atoms with E-state index in [0.29, 0.717) is 5.92 Å². The zero-order valence-corrected chi connectivity index (χ0v) is 12.2. The van der Waals surface area contributed by atoms with E-state index in [0.717, 1.165) is 28.7 Å². The predicted molar refractivity (Wildman–Crippen MR) is 85.4 cm³/mol. The maximum atomic E-state index is 10.4. The average molecular weight is 266 g/mol. The molecule has 0 amide bonds. The number of benzene rings is 2. The molecule has 0 fully saturated rings. The van der Waals surface area contributed by atoms with Crippen LogP contribution in [0.2, 0.25) is 0 Å². The van der Waals surface area contributed by atoms with E-state index in [9.17, 15) is 5.11 Å². The Morgan fingerprint density at radius 1 is 1.00 bits per heavy atom. The zero-order chi connectivity index (χ0) is 14.5. The van der Waals surface area contributed by atoms with Crippen LogP contribution in [-0.4, -0.2) is 5.11 Å². The van der Waals surface area contributed by atoms with Crippen LogP contribution < -0.4 is 0 Å². The lowest BCUT2D eigenvalue weighted by Crippen LogP contribution is -2.05. The van der Waals surface area contributed by atoms with Gasteiger partial charge in [0.05, 0.1) is 6.10 Å². The monoisotopic (exact) mass is 266 g/mol. The maximum absolute atomic E-state index is 10.4. The Hall–Kier alpha value is -1.86. The van der Waals surface area contributed by atoms with Gasteiger partial charge in [0.25, 0.3) is 0 Å². The molecule has 1 unspecified atom stereocenters. The minimum absolute atomic E-state index is 0.438. The van der Waals surface area contributed by atoms with E-state index in [1.54, 1.807) is 0 Å². The molecule has 104 valence electrons. The van der Waals surface area contributed by atoms with Crippen LogP contribution in [0.15, 0.2) is 61.2 Å². The molecule has 0 aliphatic carbocycles. The molecule has 1 nitrogen and oxygen atoms in total. The Bertz CT molecular complexity index is 569. The van der Waals surface area contributed by atoms with Gasteiger partial charge in [-0.2, -0.15) is 0 Å². The third-order valence-electron chi connectivity index (χ3n) is 3.46. The van der Waals surface area contributed by atoms with Gasteiger partial charge in [-0.3, -0.25) is 0 Å². The SMILES string of the molecule is C=C(c1ccccc1)c1ccccc1C(O)CC(C)C. The van der Waals surface area contributed by atoms with Crippen LogP contribution in [-0.2, 0) is 0 Å². The van der Waals surface area contributed by atoms with Crippen molar-refractivity contribution in [3.05, 3.63) is 77.9 Å². The quantitative estimate of drug-likeness (QED) is 0.822. The Kier molecular flexibility index (Phi) is 4.75. The number of aliphatic hydroxyl groups is 1. The number of hydrogen-bond acceptors (Lipinski definition) is 1. The lowest BCUT2D eigenvalue weighted by atomic mass is 9.90. The molecule has 0 heterocycles. The first kappa shape index (κ1) is 14.5. The van der Waals surface area contributed by atoms with E-state index in [1.165, 1.54) is 0 Å². The molecule has 0 bridgehead atoms. The summed E-state index contributed by atoms with van der Waals surface area (Å²) < 4.78 is 0. The van der Waals surface area contributed by atoms with Gasteiger partial charge in [0.1, 0.15) is 0 Å². The van der Waals surface area contributed by atoms with Crippen molar-refractivity contribution in [2.75, 3.05) is 0 Å². The molecule has 0 aromatic heterocycles. The van der Waals surface area contributed by atoms with Crippen LogP contribution in [0.1, 0.15) is 43.1 Å². The fourth-order valence-electron chi connectivity index (χ4n) is 2.43. The Balaban J connectivity index is 2.35. The van der Waals surface area contributed by atoms with E-state index in [4.69, 9.17) is 0 Å². The van der Waals surface area contributed by atoms with Crippen molar-refractivity contribution >= 4 is 5.57 Å². The first-order valence-electron chi connectivity index (χ1n) is 7.11. The summed E-state index contributed by atoms with van der Waals surface area (Å²) in [5.74, 6) is 0.461. The summed E-state index contributed by atoms with van der Waals surface area (Å²) in [5.41, 5.74) is 4.06. The summed E-state index contributed by atoms with van der Waals surface area (Å²) in [7, 11) is 0. The average Bonchev–Trinajstić information content (AvgIpc) is 2.46. The minimum Gasteiger partial charge on any atom is -0.388 e. The molecule has 0 aliphatic heterocycles. The highest BCUT2D eigenvalue weighted by Gasteiger charge is 2.15. The molecule has 0 saturated heterocycles. The van der Waals surface area contributed by atoms with E-state index < -0.39 is 6.10 Å². The van der Waals surface area contributed by atoms with Gasteiger partial charge >= 0.3 is 0 Å². The molecule has 1 heteroatoms. The van der Waals surface area contributed by atoms with Gasteiger partial charge in [-0.1, -0.05) is 75.0 Å². The lowest BCUT2D eigenvalue weighted by molar-refractivity contribution is 0.151. The molecule has 1 N–H and O–H groups in total. The van der Waals surface area contributed by atoms with Crippen LogP contribution in [0.5, 0.6) is 0 Å². The molecule has 0 aliphatic rings. The maximum Gasteiger partial charge on any atom is 0.0798 e. The van der Waals surface area contributed by atoms with Crippen molar-refractivity contribution < 1.29 is 5.11 Å². The summed E-state index contributed by atoms with van der Waals surface area (Å²) >= 11 is 0. The number of hydrogen-bond donors (Lipinski definition) is 1. The molecule has 1 atom stereocenters. The second-order valence-corrected chi connectivity index (χ2v) is 5.58. The van der Waals surface area contributed by atoms with Crippen molar-refractivity contribution in [3.8, 4) is 0 Å². The molecule has 0 saturated carbocycles. The molecule has 0 spiro atoms. The van der Waals surface area contributed by atoms with Crippen molar-refractivity contribution in [2.45, 2.75) is 26.4 Å². The van der Waals surface area contributed by atoms with E-state index in [2.05, 4.69) is 20.4 Å². The topological polar surface area (TPSA) is 20.2 Å². The van der Waals surface area contributed by atoms with Crippen LogP contribution in [0.4, 0.5) is 0 Å². The van der Waals surface area contributed by atoms with Gasteiger partial charge in [-0.15, -0.1) is 0 Å². The normalized spacial score (nSPS) is 12.4. The summed E-state index contributed by atoms with van der Waals surface area (Å²) in [6.45, 7) is 8.45. The highest BCUT2D eigenvalue weighted by Crippen LogP contribution is 2.30. The molecule has 2 rings (SSSR count). The Labute approximate surface area is 121 Å². The highest BCUT2D eigenvalue weighted by atomic mass is 16.3. The van der Waals surface area contributed by atoms with Gasteiger partial charge in [0.2, 0.25) is 0 Å². The second-order valence-electron chi connectivity index (χ2n) is 5.58. The first-order valence-corrected chi connectivity index (χ1v) is 7.11.